The predicted molar refractivity (Wildman–Crippen MR) is 91.1 cm³/mol. The first kappa shape index (κ1) is 15.9. The van der Waals surface area contributed by atoms with Crippen LogP contribution in [0.25, 0.3) is 0 Å². The van der Waals surface area contributed by atoms with Crippen LogP contribution in [0.2, 0.25) is 0 Å². The third-order valence-corrected chi connectivity index (χ3v) is 3.87. The molecule has 0 atom stereocenters. The molecule has 2 heterocycles. The van der Waals surface area contributed by atoms with Gasteiger partial charge in [-0.15, -0.1) is 0 Å². The molecule has 2 aromatic heterocycles. The van der Waals surface area contributed by atoms with Gasteiger partial charge in [0.25, 0.3) is 5.91 Å². The van der Waals surface area contributed by atoms with Crippen molar-refractivity contribution in [2.75, 3.05) is 0 Å². The molecule has 7 heteroatoms. The smallest absolute Gasteiger partial charge is 0.271 e. The van der Waals surface area contributed by atoms with E-state index in [4.69, 9.17) is 4.42 Å². The van der Waals surface area contributed by atoms with Crippen LogP contribution in [-0.2, 0) is 0 Å². The zero-order valence-electron chi connectivity index (χ0n) is 12.8. The lowest BCUT2D eigenvalue weighted by atomic mass is 10.1. The zero-order valence-corrected chi connectivity index (χ0v) is 13.7. The summed E-state index contributed by atoms with van der Waals surface area (Å²) in [7, 11) is 0. The number of aromatic nitrogens is 2. The van der Waals surface area contributed by atoms with Crippen LogP contribution in [0.1, 0.15) is 21.7 Å². The van der Waals surface area contributed by atoms with Gasteiger partial charge in [-0.2, -0.15) is 5.10 Å². The molecule has 0 saturated heterocycles. The lowest BCUT2D eigenvalue weighted by molar-refractivity contribution is 0.0955. The van der Waals surface area contributed by atoms with Gasteiger partial charge in [0.15, 0.2) is 5.09 Å². The number of benzene rings is 1. The summed E-state index contributed by atoms with van der Waals surface area (Å²) in [6, 6.07) is 12.7. The Hall–Kier alpha value is -2.93. The van der Waals surface area contributed by atoms with Crippen molar-refractivity contribution < 1.29 is 9.21 Å². The quantitative estimate of drug-likeness (QED) is 0.439. The van der Waals surface area contributed by atoms with Crippen LogP contribution >= 0.6 is 11.8 Å². The van der Waals surface area contributed by atoms with E-state index in [1.165, 1.54) is 24.3 Å². The molecule has 0 spiro atoms. The average molecular weight is 338 g/mol. The van der Waals surface area contributed by atoms with Crippen LogP contribution in [-0.4, -0.2) is 22.1 Å². The Kier molecular flexibility index (Phi) is 5.02. The molecule has 0 aliphatic rings. The van der Waals surface area contributed by atoms with Crippen LogP contribution in [0.5, 0.6) is 0 Å². The molecule has 120 valence electrons. The second-order valence-corrected chi connectivity index (χ2v) is 5.90. The van der Waals surface area contributed by atoms with E-state index in [1.54, 1.807) is 30.5 Å². The summed E-state index contributed by atoms with van der Waals surface area (Å²) in [6.45, 7) is 1.93. The number of hydrogen-bond acceptors (Lipinski definition) is 6. The molecule has 1 aromatic carbocycles. The van der Waals surface area contributed by atoms with Gasteiger partial charge in [0.1, 0.15) is 17.1 Å². The molecule has 0 aliphatic carbocycles. The van der Waals surface area contributed by atoms with Gasteiger partial charge in [0.05, 0.1) is 6.21 Å². The van der Waals surface area contributed by atoms with Crippen molar-refractivity contribution in [3.63, 3.8) is 0 Å². The molecular weight excluding hydrogens is 324 g/mol. The van der Waals surface area contributed by atoms with Gasteiger partial charge in [-0.25, -0.2) is 15.4 Å². The molecule has 24 heavy (non-hydrogen) atoms. The van der Waals surface area contributed by atoms with Crippen molar-refractivity contribution >= 4 is 23.9 Å². The zero-order chi connectivity index (χ0) is 16.8. The van der Waals surface area contributed by atoms with Crippen molar-refractivity contribution in [3.05, 3.63) is 71.9 Å². The Labute approximate surface area is 143 Å². The summed E-state index contributed by atoms with van der Waals surface area (Å²) >= 11 is 1.38. The van der Waals surface area contributed by atoms with Crippen LogP contribution in [0.15, 0.2) is 74.6 Å². The van der Waals surface area contributed by atoms with Gasteiger partial charge in [0.2, 0.25) is 0 Å². The Balaban J connectivity index is 1.58. The number of nitrogens with one attached hydrogen (secondary N) is 1. The molecule has 0 bridgehead atoms. The average Bonchev–Trinajstić information content (AvgIpc) is 3.03. The van der Waals surface area contributed by atoms with E-state index in [0.717, 1.165) is 10.6 Å². The van der Waals surface area contributed by atoms with E-state index in [-0.39, 0.29) is 5.91 Å². The molecule has 0 unspecified atom stereocenters. The van der Waals surface area contributed by atoms with Crippen molar-refractivity contribution in [3.8, 4) is 0 Å². The van der Waals surface area contributed by atoms with Crippen LogP contribution < -0.4 is 5.43 Å². The standard InChI is InChI=1S/C17H14N4O2S/c1-12-3-2-4-13(9-12)17(22)21-20-10-14-5-6-16(23-14)24-15-7-8-18-11-19-15/h2-11H,1H3,(H,21,22)/b20-10+. The fraction of sp³-hybridized carbons (Fsp3) is 0.0588. The van der Waals surface area contributed by atoms with Gasteiger partial charge in [-0.05, 0) is 49.0 Å². The van der Waals surface area contributed by atoms with Gasteiger partial charge >= 0.3 is 0 Å². The highest BCUT2D eigenvalue weighted by molar-refractivity contribution is 7.99. The van der Waals surface area contributed by atoms with Gasteiger partial charge in [0, 0.05) is 11.8 Å². The van der Waals surface area contributed by atoms with Crippen LogP contribution in [0.4, 0.5) is 0 Å². The minimum absolute atomic E-state index is 0.267. The fourth-order valence-corrected chi connectivity index (χ4v) is 2.61. The number of rotatable bonds is 5. The van der Waals surface area contributed by atoms with Gasteiger partial charge in [-0.1, -0.05) is 17.7 Å². The molecule has 0 saturated carbocycles. The van der Waals surface area contributed by atoms with Crippen molar-refractivity contribution in [1.29, 1.82) is 0 Å². The van der Waals surface area contributed by atoms with E-state index in [9.17, 15) is 4.79 Å². The summed E-state index contributed by atoms with van der Waals surface area (Å²) in [5.74, 6) is 0.271. The molecule has 3 rings (SSSR count). The number of carbonyl (C=O) groups excluding carboxylic acids is 1. The van der Waals surface area contributed by atoms with E-state index in [0.29, 0.717) is 16.4 Å². The molecule has 0 radical (unpaired) electrons. The van der Waals surface area contributed by atoms with E-state index in [1.807, 2.05) is 25.1 Å². The topological polar surface area (TPSA) is 80.4 Å². The Morgan fingerprint density at radius 2 is 2.21 bits per heavy atom. The van der Waals surface area contributed by atoms with Gasteiger partial charge < -0.3 is 4.42 Å². The van der Waals surface area contributed by atoms with Crippen molar-refractivity contribution in [2.45, 2.75) is 17.0 Å². The fourth-order valence-electron chi connectivity index (χ4n) is 1.91. The number of aryl methyl sites for hydroxylation is 1. The highest BCUT2D eigenvalue weighted by Gasteiger charge is 2.05. The number of furan rings is 1. The second kappa shape index (κ2) is 7.56. The number of hydrazone groups is 1. The van der Waals surface area contributed by atoms with Crippen molar-refractivity contribution in [1.82, 2.24) is 15.4 Å². The molecular formula is C17H14N4O2S. The normalized spacial score (nSPS) is 10.9. The van der Waals surface area contributed by atoms with Crippen molar-refractivity contribution in [2.24, 2.45) is 5.10 Å². The first-order valence-corrected chi connectivity index (χ1v) is 7.96. The molecule has 0 fully saturated rings. The highest BCUT2D eigenvalue weighted by atomic mass is 32.2. The van der Waals surface area contributed by atoms with Crippen LogP contribution in [0, 0.1) is 6.92 Å². The largest absolute Gasteiger partial charge is 0.448 e. The summed E-state index contributed by atoms with van der Waals surface area (Å²) in [5.41, 5.74) is 4.06. The maximum Gasteiger partial charge on any atom is 0.271 e. The van der Waals surface area contributed by atoms with E-state index in [2.05, 4.69) is 20.5 Å². The molecule has 0 aliphatic heterocycles. The summed E-state index contributed by atoms with van der Waals surface area (Å²) in [6.07, 6.45) is 4.60. The number of nitrogens with zero attached hydrogens (tertiary/aromatic N) is 3. The SMILES string of the molecule is Cc1cccc(C(=O)N/N=C/c2ccc(Sc3ccncn3)o2)c1. The first-order valence-electron chi connectivity index (χ1n) is 7.14. The Morgan fingerprint density at radius 3 is 3.00 bits per heavy atom. The van der Waals surface area contributed by atoms with Crippen LogP contribution in [0.3, 0.4) is 0 Å². The molecule has 1 amide bonds. The minimum atomic E-state index is -0.267. The summed E-state index contributed by atoms with van der Waals surface area (Å²) in [5, 5.41) is 5.38. The first-order chi connectivity index (χ1) is 11.7. The number of amides is 1. The number of carbonyl (C=O) groups is 1. The minimum Gasteiger partial charge on any atom is -0.448 e. The lowest BCUT2D eigenvalue weighted by Gasteiger charge is -2.00. The Bertz CT molecular complexity index is 862. The third-order valence-electron chi connectivity index (χ3n) is 3.00. The maximum absolute atomic E-state index is 12.0. The third kappa shape index (κ3) is 4.30. The van der Waals surface area contributed by atoms with E-state index >= 15 is 0 Å². The predicted octanol–water partition coefficient (Wildman–Crippen LogP) is 3.29. The molecule has 3 aromatic rings. The summed E-state index contributed by atoms with van der Waals surface area (Å²) < 4.78 is 5.60. The molecule has 1 N–H and O–H groups in total. The second-order valence-electron chi connectivity index (χ2n) is 4.88. The number of hydrogen-bond donors (Lipinski definition) is 1. The monoisotopic (exact) mass is 338 g/mol. The Morgan fingerprint density at radius 1 is 1.29 bits per heavy atom. The highest BCUT2D eigenvalue weighted by Crippen LogP contribution is 2.26. The molecule has 6 nitrogen and oxygen atoms in total. The van der Waals surface area contributed by atoms with E-state index < -0.39 is 0 Å². The summed E-state index contributed by atoms with van der Waals surface area (Å²) in [4.78, 5) is 19.9. The lowest BCUT2D eigenvalue weighted by Crippen LogP contribution is -2.17. The van der Waals surface area contributed by atoms with Gasteiger partial charge in [-0.3, -0.25) is 4.79 Å². The maximum atomic E-state index is 12.0.